The monoisotopic (exact) mass is 427 g/mol. The van der Waals surface area contributed by atoms with E-state index in [0.29, 0.717) is 21.7 Å². The lowest BCUT2D eigenvalue weighted by atomic mass is 9.37. The maximum atomic E-state index is 3.94. The lowest BCUT2D eigenvalue weighted by Crippen LogP contribution is -2.66. The minimum atomic E-state index is 0.581. The topological polar surface area (TPSA) is 12.0 Å². The Bertz CT molecular complexity index is 669. The Kier molecular flexibility index (Phi) is 5.68. The van der Waals surface area contributed by atoms with Crippen LogP contribution in [-0.2, 0) is 0 Å². The molecule has 4 saturated carbocycles. The highest BCUT2D eigenvalue weighted by Gasteiger charge is 2.66. The molecule has 4 aliphatic carbocycles. The van der Waals surface area contributed by atoms with E-state index in [0.717, 1.165) is 35.5 Å². The van der Waals surface area contributed by atoms with Crippen molar-refractivity contribution in [3.8, 4) is 0 Å². The van der Waals surface area contributed by atoms with Gasteiger partial charge in [-0.05, 0) is 115 Å². The Morgan fingerprint density at radius 2 is 1.61 bits per heavy atom. The van der Waals surface area contributed by atoms with E-state index in [2.05, 4.69) is 46.9 Å². The van der Waals surface area contributed by atoms with Crippen LogP contribution in [0.15, 0.2) is 0 Å². The van der Waals surface area contributed by atoms with Gasteiger partial charge in [0.25, 0.3) is 0 Å². The molecule has 0 aromatic rings. The summed E-state index contributed by atoms with van der Waals surface area (Å²) in [4.78, 5) is 0. The van der Waals surface area contributed by atoms with E-state index in [-0.39, 0.29) is 0 Å². The predicted molar refractivity (Wildman–Crippen MR) is 133 cm³/mol. The summed E-state index contributed by atoms with van der Waals surface area (Å²) in [6, 6.07) is 0. The smallest absolute Gasteiger partial charge is 0.00136 e. The normalized spacial score (nSPS) is 52.4. The quantitative estimate of drug-likeness (QED) is 0.467. The van der Waals surface area contributed by atoms with Crippen LogP contribution in [-0.4, -0.2) is 13.1 Å². The number of rotatable bonds is 5. The second-order valence-corrected chi connectivity index (χ2v) is 14.7. The summed E-state index contributed by atoms with van der Waals surface area (Å²) in [5, 5.41) is 3.94. The van der Waals surface area contributed by atoms with Crippen LogP contribution in [0, 0.1) is 57.2 Å². The van der Waals surface area contributed by atoms with Crippen LogP contribution < -0.4 is 5.32 Å². The fourth-order valence-electron chi connectivity index (χ4n) is 10.9. The lowest BCUT2D eigenvalue weighted by molar-refractivity contribution is -0.191. The first-order chi connectivity index (χ1) is 14.6. The first-order valence-corrected chi connectivity index (χ1v) is 14.3. The van der Waals surface area contributed by atoms with Crippen LogP contribution in [0.5, 0.6) is 0 Å². The van der Waals surface area contributed by atoms with Crippen molar-refractivity contribution < 1.29 is 0 Å². The van der Waals surface area contributed by atoms with Gasteiger partial charge >= 0.3 is 0 Å². The van der Waals surface area contributed by atoms with Crippen LogP contribution in [0.25, 0.3) is 0 Å². The molecule has 0 amide bonds. The van der Waals surface area contributed by atoms with Gasteiger partial charge in [0.05, 0.1) is 0 Å². The lowest BCUT2D eigenvalue weighted by Gasteiger charge is -2.69. The van der Waals surface area contributed by atoms with Crippen molar-refractivity contribution in [2.75, 3.05) is 13.1 Å². The highest BCUT2D eigenvalue weighted by molar-refractivity contribution is 5.16. The van der Waals surface area contributed by atoms with Gasteiger partial charge < -0.3 is 5.32 Å². The fourth-order valence-corrected chi connectivity index (χ4v) is 10.9. The van der Waals surface area contributed by atoms with Gasteiger partial charge in [0.1, 0.15) is 0 Å². The highest BCUT2D eigenvalue weighted by atomic mass is 14.9. The van der Waals surface area contributed by atoms with Gasteiger partial charge in [0.2, 0.25) is 0 Å². The van der Waals surface area contributed by atoms with Gasteiger partial charge in [-0.2, -0.15) is 0 Å². The average Bonchev–Trinajstić information content (AvgIpc) is 3.06. The third-order valence-electron chi connectivity index (χ3n) is 12.7. The SMILES string of the molecule is CC(C)CCC[C@@H](C)[C@H]1CC[C@H]2[C@@H]3CC[C@]45CNC[C@](C)(CC[C@]4(C)[C@H]3CC[C@]12C)C5. The van der Waals surface area contributed by atoms with E-state index in [1.54, 1.807) is 19.3 Å². The molecule has 1 nitrogen and oxygen atoms in total. The first kappa shape index (κ1) is 22.7. The standard InChI is InChI=1S/C30H53N/c1-21(2)8-7-9-22(3)24-10-11-25-23-12-15-30-18-27(4,19-31-20-30)16-17-29(30,6)26(23)13-14-28(24,25)5/h21-26,31H,7-20H2,1-6H3/t22-,23+,24-,25+,26+,27-,28-,29-,30+/m1/s1. The predicted octanol–water partition coefficient (Wildman–Crippen LogP) is 8.09. The van der Waals surface area contributed by atoms with Crippen molar-refractivity contribution in [1.82, 2.24) is 5.32 Å². The molecule has 5 aliphatic rings. The largest absolute Gasteiger partial charge is 0.316 e. The molecule has 5 rings (SSSR count). The minimum Gasteiger partial charge on any atom is -0.316 e. The van der Waals surface area contributed by atoms with E-state index >= 15 is 0 Å². The Labute approximate surface area is 194 Å². The van der Waals surface area contributed by atoms with Crippen molar-refractivity contribution in [1.29, 1.82) is 0 Å². The Hall–Kier alpha value is -0.0400. The molecule has 9 atom stereocenters. The van der Waals surface area contributed by atoms with Gasteiger partial charge in [-0.3, -0.25) is 0 Å². The second kappa shape index (κ2) is 7.74. The number of hydrogen-bond acceptors (Lipinski definition) is 1. The van der Waals surface area contributed by atoms with Gasteiger partial charge in [-0.15, -0.1) is 0 Å². The Balaban J connectivity index is 1.34. The fraction of sp³-hybridized carbons (Fsp3) is 1.00. The van der Waals surface area contributed by atoms with Crippen LogP contribution in [0.2, 0.25) is 0 Å². The number of nitrogens with one attached hydrogen (secondary N) is 1. The van der Waals surface area contributed by atoms with Crippen molar-refractivity contribution in [3.63, 3.8) is 0 Å². The molecule has 31 heavy (non-hydrogen) atoms. The van der Waals surface area contributed by atoms with E-state index in [9.17, 15) is 0 Å². The van der Waals surface area contributed by atoms with Crippen LogP contribution in [0.4, 0.5) is 0 Å². The molecule has 1 heteroatoms. The molecule has 0 radical (unpaired) electrons. The Morgan fingerprint density at radius 1 is 0.806 bits per heavy atom. The summed E-state index contributed by atoms with van der Waals surface area (Å²) in [5.41, 5.74) is 2.44. The molecule has 1 saturated heterocycles. The van der Waals surface area contributed by atoms with E-state index in [1.165, 1.54) is 70.9 Å². The summed E-state index contributed by atoms with van der Waals surface area (Å²) >= 11 is 0. The third-order valence-corrected chi connectivity index (χ3v) is 12.7. The van der Waals surface area contributed by atoms with E-state index in [4.69, 9.17) is 0 Å². The molecule has 2 bridgehead atoms. The molecule has 1 N–H and O–H groups in total. The van der Waals surface area contributed by atoms with Crippen molar-refractivity contribution >= 4 is 0 Å². The molecular formula is C30H53N. The zero-order valence-corrected chi connectivity index (χ0v) is 21.9. The summed E-state index contributed by atoms with van der Waals surface area (Å²) in [7, 11) is 0. The van der Waals surface area contributed by atoms with E-state index in [1.807, 2.05) is 0 Å². The second-order valence-electron chi connectivity index (χ2n) is 14.7. The van der Waals surface area contributed by atoms with E-state index < -0.39 is 0 Å². The van der Waals surface area contributed by atoms with Crippen LogP contribution in [0.3, 0.4) is 0 Å². The van der Waals surface area contributed by atoms with Crippen LogP contribution in [0.1, 0.15) is 119 Å². The maximum Gasteiger partial charge on any atom is 0.00136 e. The average molecular weight is 428 g/mol. The summed E-state index contributed by atoms with van der Waals surface area (Å²) < 4.78 is 0. The van der Waals surface area contributed by atoms with Gasteiger partial charge in [0, 0.05) is 13.1 Å². The molecule has 1 aliphatic heterocycles. The third kappa shape index (κ3) is 3.40. The van der Waals surface area contributed by atoms with Gasteiger partial charge in [-0.1, -0.05) is 60.8 Å². The molecule has 0 aromatic heterocycles. The van der Waals surface area contributed by atoms with Crippen molar-refractivity contribution in [2.45, 2.75) is 119 Å². The van der Waals surface area contributed by atoms with Gasteiger partial charge in [0.15, 0.2) is 0 Å². The molecular weight excluding hydrogens is 374 g/mol. The summed E-state index contributed by atoms with van der Waals surface area (Å²) in [5.74, 6) is 5.89. The molecule has 5 fully saturated rings. The Morgan fingerprint density at radius 3 is 2.39 bits per heavy atom. The minimum absolute atomic E-state index is 0.581. The molecule has 0 aromatic carbocycles. The number of fused-ring (bicyclic) bond motifs is 5. The van der Waals surface area contributed by atoms with Crippen molar-refractivity contribution in [3.05, 3.63) is 0 Å². The maximum absolute atomic E-state index is 3.94. The number of hydrogen-bond donors (Lipinski definition) is 1. The summed E-state index contributed by atoms with van der Waals surface area (Å²) in [6.07, 6.45) is 18.1. The molecule has 178 valence electrons. The highest BCUT2D eigenvalue weighted by Crippen LogP contribution is 2.73. The first-order valence-electron chi connectivity index (χ1n) is 14.3. The van der Waals surface area contributed by atoms with Crippen molar-refractivity contribution in [2.24, 2.45) is 57.2 Å². The summed E-state index contributed by atoms with van der Waals surface area (Å²) in [6.45, 7) is 18.1. The molecule has 1 spiro atoms. The molecule has 0 unspecified atom stereocenters. The molecule has 1 heterocycles. The van der Waals surface area contributed by atoms with Gasteiger partial charge in [-0.25, -0.2) is 0 Å². The number of piperidine rings is 1. The zero-order chi connectivity index (χ0) is 22.1. The zero-order valence-electron chi connectivity index (χ0n) is 21.9. The van der Waals surface area contributed by atoms with Crippen LogP contribution >= 0.6 is 0 Å².